The van der Waals surface area contributed by atoms with Gasteiger partial charge in [-0.1, -0.05) is 32.1 Å². The van der Waals surface area contributed by atoms with Crippen molar-refractivity contribution in [3.05, 3.63) is 28.2 Å². The molecule has 0 unspecified atom stereocenters. The molecule has 116 valence electrons. The van der Waals surface area contributed by atoms with Crippen LogP contribution in [-0.2, 0) is 4.74 Å². The highest BCUT2D eigenvalue weighted by Crippen LogP contribution is 2.27. The van der Waals surface area contributed by atoms with Crippen LogP contribution in [0.5, 0.6) is 0 Å². The van der Waals surface area contributed by atoms with E-state index in [1.165, 1.54) is 44.9 Å². The number of carbonyl (C=O) groups excluding carboxylic acids is 1. The van der Waals surface area contributed by atoms with Gasteiger partial charge >= 0.3 is 5.97 Å². The van der Waals surface area contributed by atoms with Gasteiger partial charge in [0, 0.05) is 16.2 Å². The number of carbonyl (C=O) groups is 1. The second kappa shape index (κ2) is 8.42. The van der Waals surface area contributed by atoms with Gasteiger partial charge in [-0.2, -0.15) is 0 Å². The van der Waals surface area contributed by atoms with Crippen LogP contribution in [-0.4, -0.2) is 18.6 Å². The quantitative estimate of drug-likeness (QED) is 0.760. The molecule has 2 rings (SSSR count). The Bertz CT molecular complexity index is 468. The number of benzene rings is 1. The van der Waals surface area contributed by atoms with E-state index in [1.807, 2.05) is 25.1 Å². The third-order valence-corrected chi connectivity index (χ3v) is 4.60. The highest BCUT2D eigenvalue weighted by Gasteiger charge is 2.14. The number of hydrogen-bond donors (Lipinski definition) is 1. The number of rotatable bonds is 4. The van der Waals surface area contributed by atoms with Gasteiger partial charge in [-0.05, 0) is 53.9 Å². The lowest BCUT2D eigenvalue weighted by atomic mass is 9.96. The summed E-state index contributed by atoms with van der Waals surface area (Å²) in [6, 6.07) is 6.17. The van der Waals surface area contributed by atoms with Crippen molar-refractivity contribution >= 4 is 27.6 Å². The molecule has 1 aliphatic carbocycles. The summed E-state index contributed by atoms with van der Waals surface area (Å²) in [5, 5.41) is 3.62. The molecule has 0 amide bonds. The van der Waals surface area contributed by atoms with Gasteiger partial charge in [-0.25, -0.2) is 4.79 Å². The first-order valence-electron chi connectivity index (χ1n) is 7.94. The van der Waals surface area contributed by atoms with Gasteiger partial charge in [0.2, 0.25) is 0 Å². The van der Waals surface area contributed by atoms with Gasteiger partial charge in [0.15, 0.2) is 0 Å². The molecule has 3 nitrogen and oxygen atoms in total. The fraction of sp³-hybridized carbons (Fsp3) is 0.588. The Hall–Kier alpha value is -1.03. The topological polar surface area (TPSA) is 38.3 Å². The SMILES string of the molecule is CCOC(=O)c1ccc(NC2CCCCCCC2)c(Br)c1. The average molecular weight is 354 g/mol. The molecule has 0 saturated heterocycles. The predicted molar refractivity (Wildman–Crippen MR) is 89.8 cm³/mol. The monoisotopic (exact) mass is 353 g/mol. The molecule has 1 N–H and O–H groups in total. The lowest BCUT2D eigenvalue weighted by molar-refractivity contribution is 0.0526. The maximum atomic E-state index is 11.7. The van der Waals surface area contributed by atoms with Crippen molar-refractivity contribution in [3.63, 3.8) is 0 Å². The zero-order chi connectivity index (χ0) is 15.1. The summed E-state index contributed by atoms with van der Waals surface area (Å²) in [6.45, 7) is 2.22. The number of esters is 1. The van der Waals surface area contributed by atoms with E-state index in [-0.39, 0.29) is 5.97 Å². The lowest BCUT2D eigenvalue weighted by Gasteiger charge is -2.23. The van der Waals surface area contributed by atoms with E-state index in [0.717, 1.165) is 10.2 Å². The van der Waals surface area contributed by atoms with Crippen LogP contribution in [0.4, 0.5) is 5.69 Å². The van der Waals surface area contributed by atoms with Crippen LogP contribution in [0, 0.1) is 0 Å². The third-order valence-electron chi connectivity index (χ3n) is 3.95. The zero-order valence-corrected chi connectivity index (χ0v) is 14.2. The smallest absolute Gasteiger partial charge is 0.338 e. The predicted octanol–water partition coefficient (Wildman–Crippen LogP) is 5.15. The maximum absolute atomic E-state index is 11.7. The zero-order valence-electron chi connectivity index (χ0n) is 12.7. The Labute approximate surface area is 135 Å². The fourth-order valence-corrected chi connectivity index (χ4v) is 3.29. The van der Waals surface area contributed by atoms with Gasteiger partial charge in [0.1, 0.15) is 0 Å². The molecule has 0 radical (unpaired) electrons. The van der Waals surface area contributed by atoms with Gasteiger partial charge in [-0.15, -0.1) is 0 Å². The number of halogens is 1. The van der Waals surface area contributed by atoms with Crippen LogP contribution >= 0.6 is 15.9 Å². The third kappa shape index (κ3) is 5.03. The normalized spacial score (nSPS) is 16.9. The molecule has 1 saturated carbocycles. The molecule has 0 aliphatic heterocycles. The fourth-order valence-electron chi connectivity index (χ4n) is 2.79. The second-order valence-electron chi connectivity index (χ2n) is 5.60. The second-order valence-corrected chi connectivity index (χ2v) is 6.46. The van der Waals surface area contributed by atoms with E-state index in [1.54, 1.807) is 0 Å². The number of nitrogens with one attached hydrogen (secondary N) is 1. The van der Waals surface area contributed by atoms with Crippen LogP contribution in [0.25, 0.3) is 0 Å². The molecule has 1 aliphatic rings. The van der Waals surface area contributed by atoms with E-state index in [2.05, 4.69) is 21.2 Å². The Morgan fingerprint density at radius 3 is 2.52 bits per heavy atom. The summed E-state index contributed by atoms with van der Waals surface area (Å²) >= 11 is 3.56. The van der Waals surface area contributed by atoms with Crippen LogP contribution < -0.4 is 5.32 Å². The molecule has 21 heavy (non-hydrogen) atoms. The Morgan fingerprint density at radius 1 is 1.24 bits per heavy atom. The maximum Gasteiger partial charge on any atom is 0.338 e. The van der Waals surface area contributed by atoms with Gasteiger partial charge in [0.25, 0.3) is 0 Å². The minimum absolute atomic E-state index is 0.268. The molecule has 0 atom stereocenters. The first-order valence-corrected chi connectivity index (χ1v) is 8.73. The van der Waals surface area contributed by atoms with Crippen molar-refractivity contribution in [3.8, 4) is 0 Å². The summed E-state index contributed by atoms with van der Waals surface area (Å²) in [5.74, 6) is -0.268. The molecule has 1 aromatic carbocycles. The summed E-state index contributed by atoms with van der Waals surface area (Å²) < 4.78 is 5.95. The Balaban J connectivity index is 2.01. The van der Waals surface area contributed by atoms with Gasteiger partial charge in [0.05, 0.1) is 12.2 Å². The van der Waals surface area contributed by atoms with E-state index in [9.17, 15) is 4.79 Å². The molecular weight excluding hydrogens is 330 g/mol. The van der Waals surface area contributed by atoms with E-state index in [0.29, 0.717) is 18.2 Å². The standard InChI is InChI=1S/C17H24BrNO2/c1-2-21-17(20)13-10-11-16(15(18)12-13)19-14-8-6-4-3-5-7-9-14/h10-12,14,19H,2-9H2,1H3. The van der Waals surface area contributed by atoms with Crippen molar-refractivity contribution in [2.75, 3.05) is 11.9 Å². The molecule has 0 heterocycles. The highest BCUT2D eigenvalue weighted by atomic mass is 79.9. The number of ether oxygens (including phenoxy) is 1. The van der Waals surface area contributed by atoms with Crippen molar-refractivity contribution in [2.24, 2.45) is 0 Å². The molecule has 0 spiro atoms. The van der Waals surface area contributed by atoms with Crippen LogP contribution in [0.2, 0.25) is 0 Å². The Morgan fingerprint density at radius 2 is 1.90 bits per heavy atom. The van der Waals surface area contributed by atoms with E-state index < -0.39 is 0 Å². The van der Waals surface area contributed by atoms with Crippen LogP contribution in [0.3, 0.4) is 0 Å². The lowest BCUT2D eigenvalue weighted by Crippen LogP contribution is -2.20. The summed E-state index contributed by atoms with van der Waals surface area (Å²) in [6.07, 6.45) is 9.14. The van der Waals surface area contributed by atoms with E-state index >= 15 is 0 Å². The van der Waals surface area contributed by atoms with Gasteiger partial charge in [-0.3, -0.25) is 0 Å². The largest absolute Gasteiger partial charge is 0.462 e. The summed E-state index contributed by atoms with van der Waals surface area (Å²) in [7, 11) is 0. The molecule has 0 aromatic heterocycles. The summed E-state index contributed by atoms with van der Waals surface area (Å²) in [4.78, 5) is 11.7. The minimum Gasteiger partial charge on any atom is -0.462 e. The van der Waals surface area contributed by atoms with Crippen LogP contribution in [0.15, 0.2) is 22.7 Å². The van der Waals surface area contributed by atoms with Crippen molar-refractivity contribution < 1.29 is 9.53 Å². The first kappa shape index (κ1) is 16.3. The average Bonchev–Trinajstić information content (AvgIpc) is 2.43. The molecule has 1 aromatic rings. The van der Waals surface area contributed by atoms with Crippen molar-refractivity contribution in [2.45, 2.75) is 57.9 Å². The van der Waals surface area contributed by atoms with Gasteiger partial charge < -0.3 is 10.1 Å². The molecule has 1 fully saturated rings. The highest BCUT2D eigenvalue weighted by molar-refractivity contribution is 9.10. The van der Waals surface area contributed by atoms with Crippen molar-refractivity contribution in [1.29, 1.82) is 0 Å². The molecular formula is C17H24BrNO2. The number of anilines is 1. The molecule has 4 heteroatoms. The molecule has 0 bridgehead atoms. The van der Waals surface area contributed by atoms with Crippen LogP contribution in [0.1, 0.15) is 62.2 Å². The van der Waals surface area contributed by atoms with Crippen molar-refractivity contribution in [1.82, 2.24) is 0 Å². The summed E-state index contributed by atoms with van der Waals surface area (Å²) in [5.41, 5.74) is 1.65. The number of hydrogen-bond acceptors (Lipinski definition) is 3. The van der Waals surface area contributed by atoms with E-state index in [4.69, 9.17) is 4.74 Å². The minimum atomic E-state index is -0.268. The first-order chi connectivity index (χ1) is 10.2. The Kier molecular flexibility index (Phi) is 6.55.